The summed E-state index contributed by atoms with van der Waals surface area (Å²) in [4.78, 5) is 24.6. The van der Waals surface area contributed by atoms with Crippen molar-refractivity contribution in [1.82, 2.24) is 4.90 Å². The van der Waals surface area contributed by atoms with Gasteiger partial charge in [0.15, 0.2) is 0 Å². The molecule has 0 aromatic rings. The fourth-order valence-corrected chi connectivity index (χ4v) is 2.88. The Morgan fingerprint density at radius 1 is 1.28 bits per heavy atom. The van der Waals surface area contributed by atoms with Gasteiger partial charge in [0.1, 0.15) is 0 Å². The van der Waals surface area contributed by atoms with Crippen LogP contribution in [0.15, 0.2) is 0 Å². The SMILES string of the molecule is O=C(O)CC1CCCN1C(=O)CCC1CCCO1. The molecule has 2 unspecified atom stereocenters. The van der Waals surface area contributed by atoms with E-state index in [9.17, 15) is 9.59 Å². The molecule has 2 heterocycles. The predicted octanol–water partition coefficient (Wildman–Crippen LogP) is 1.41. The van der Waals surface area contributed by atoms with Crippen LogP contribution in [0.3, 0.4) is 0 Å². The molecular formula is C13H21NO4. The van der Waals surface area contributed by atoms with Crippen LogP contribution in [-0.2, 0) is 14.3 Å². The van der Waals surface area contributed by atoms with Gasteiger partial charge < -0.3 is 14.7 Å². The number of hydrogen-bond donors (Lipinski definition) is 1. The molecule has 0 aliphatic carbocycles. The topological polar surface area (TPSA) is 66.8 Å². The first-order valence-electron chi connectivity index (χ1n) is 6.79. The minimum Gasteiger partial charge on any atom is -0.481 e. The van der Waals surface area contributed by atoms with E-state index in [-0.39, 0.29) is 24.5 Å². The van der Waals surface area contributed by atoms with Crippen LogP contribution in [-0.4, -0.2) is 47.2 Å². The first-order valence-corrected chi connectivity index (χ1v) is 6.79. The molecule has 2 aliphatic rings. The van der Waals surface area contributed by atoms with Gasteiger partial charge in [0, 0.05) is 25.6 Å². The number of rotatable bonds is 5. The Morgan fingerprint density at radius 3 is 2.78 bits per heavy atom. The highest BCUT2D eigenvalue weighted by molar-refractivity contribution is 5.78. The molecule has 1 amide bonds. The van der Waals surface area contributed by atoms with Crippen LogP contribution in [0.25, 0.3) is 0 Å². The maximum Gasteiger partial charge on any atom is 0.305 e. The van der Waals surface area contributed by atoms with Gasteiger partial charge in [0.05, 0.1) is 12.5 Å². The summed E-state index contributed by atoms with van der Waals surface area (Å²) in [5.41, 5.74) is 0. The van der Waals surface area contributed by atoms with Crippen LogP contribution in [0, 0.1) is 0 Å². The molecule has 5 nitrogen and oxygen atoms in total. The third-order valence-corrected chi connectivity index (χ3v) is 3.81. The van der Waals surface area contributed by atoms with Gasteiger partial charge in [0.25, 0.3) is 0 Å². The largest absolute Gasteiger partial charge is 0.481 e. The monoisotopic (exact) mass is 255 g/mol. The second-order valence-electron chi connectivity index (χ2n) is 5.15. The predicted molar refractivity (Wildman–Crippen MR) is 65.2 cm³/mol. The van der Waals surface area contributed by atoms with E-state index in [1.54, 1.807) is 4.90 Å². The lowest BCUT2D eigenvalue weighted by Crippen LogP contribution is -2.37. The second kappa shape index (κ2) is 6.18. The number of likely N-dealkylation sites (tertiary alicyclic amines) is 1. The molecule has 18 heavy (non-hydrogen) atoms. The molecule has 1 N–H and O–H groups in total. The van der Waals surface area contributed by atoms with Crippen molar-refractivity contribution in [3.8, 4) is 0 Å². The number of ether oxygens (including phenoxy) is 1. The van der Waals surface area contributed by atoms with Crippen LogP contribution in [0.1, 0.15) is 44.9 Å². The van der Waals surface area contributed by atoms with Gasteiger partial charge in [-0.3, -0.25) is 9.59 Å². The van der Waals surface area contributed by atoms with Crippen molar-refractivity contribution < 1.29 is 19.4 Å². The molecule has 0 bridgehead atoms. The van der Waals surface area contributed by atoms with E-state index < -0.39 is 5.97 Å². The second-order valence-corrected chi connectivity index (χ2v) is 5.15. The van der Waals surface area contributed by atoms with Gasteiger partial charge in [-0.25, -0.2) is 0 Å². The van der Waals surface area contributed by atoms with Crippen molar-refractivity contribution in [2.75, 3.05) is 13.2 Å². The van der Waals surface area contributed by atoms with Crippen LogP contribution >= 0.6 is 0 Å². The maximum absolute atomic E-state index is 12.1. The normalized spacial score (nSPS) is 27.7. The van der Waals surface area contributed by atoms with E-state index in [2.05, 4.69) is 0 Å². The molecule has 0 aromatic heterocycles. The van der Waals surface area contributed by atoms with E-state index >= 15 is 0 Å². The van der Waals surface area contributed by atoms with Crippen LogP contribution in [0.4, 0.5) is 0 Å². The standard InChI is InChI=1S/C13H21NO4/c15-12(6-5-11-4-2-8-18-11)14-7-1-3-10(14)9-13(16)17/h10-11H,1-9H2,(H,16,17). The molecule has 0 spiro atoms. The molecule has 2 fully saturated rings. The van der Waals surface area contributed by atoms with E-state index in [1.165, 1.54) is 0 Å². The summed E-state index contributed by atoms with van der Waals surface area (Å²) in [7, 11) is 0. The number of carboxylic acids is 1. The molecule has 0 radical (unpaired) electrons. The Morgan fingerprint density at radius 2 is 2.11 bits per heavy atom. The zero-order valence-electron chi connectivity index (χ0n) is 10.6. The number of amides is 1. The highest BCUT2D eigenvalue weighted by Crippen LogP contribution is 2.23. The molecule has 5 heteroatoms. The molecule has 2 atom stereocenters. The van der Waals surface area contributed by atoms with E-state index in [4.69, 9.17) is 9.84 Å². The smallest absolute Gasteiger partial charge is 0.305 e. The number of nitrogens with zero attached hydrogens (tertiary/aromatic N) is 1. The minimum atomic E-state index is -0.821. The number of hydrogen-bond acceptors (Lipinski definition) is 3. The minimum absolute atomic E-state index is 0.0751. The Labute approximate surface area is 107 Å². The first kappa shape index (κ1) is 13.3. The fourth-order valence-electron chi connectivity index (χ4n) is 2.88. The average Bonchev–Trinajstić information content (AvgIpc) is 2.95. The summed E-state index contributed by atoms with van der Waals surface area (Å²) in [5, 5.41) is 8.82. The van der Waals surface area contributed by atoms with Gasteiger partial charge in [-0.05, 0) is 32.1 Å². The van der Waals surface area contributed by atoms with Gasteiger partial charge >= 0.3 is 5.97 Å². The van der Waals surface area contributed by atoms with Crippen molar-refractivity contribution in [3.63, 3.8) is 0 Å². The third-order valence-electron chi connectivity index (χ3n) is 3.81. The lowest BCUT2D eigenvalue weighted by Gasteiger charge is -2.24. The van der Waals surface area contributed by atoms with E-state index in [0.717, 1.165) is 38.7 Å². The summed E-state index contributed by atoms with van der Waals surface area (Å²) < 4.78 is 5.49. The van der Waals surface area contributed by atoms with Crippen molar-refractivity contribution in [3.05, 3.63) is 0 Å². The molecule has 0 aromatic carbocycles. The molecular weight excluding hydrogens is 234 g/mol. The molecule has 102 valence electrons. The first-order chi connectivity index (χ1) is 8.66. The summed E-state index contributed by atoms with van der Waals surface area (Å²) in [6.45, 7) is 1.52. The summed E-state index contributed by atoms with van der Waals surface area (Å²) in [6, 6.07) is -0.0977. The molecule has 2 aliphatic heterocycles. The van der Waals surface area contributed by atoms with Crippen LogP contribution in [0.5, 0.6) is 0 Å². The summed E-state index contributed by atoms with van der Waals surface area (Å²) in [6.07, 6.45) is 5.44. The van der Waals surface area contributed by atoms with Crippen LogP contribution < -0.4 is 0 Å². The Kier molecular flexibility index (Phi) is 4.58. The quantitative estimate of drug-likeness (QED) is 0.806. The lowest BCUT2D eigenvalue weighted by atomic mass is 10.1. The van der Waals surface area contributed by atoms with Gasteiger partial charge in [-0.15, -0.1) is 0 Å². The number of aliphatic carboxylic acids is 1. The highest BCUT2D eigenvalue weighted by atomic mass is 16.5. The van der Waals surface area contributed by atoms with Gasteiger partial charge in [0.2, 0.25) is 5.91 Å². The van der Waals surface area contributed by atoms with Crippen molar-refractivity contribution in [2.45, 2.75) is 57.1 Å². The average molecular weight is 255 g/mol. The van der Waals surface area contributed by atoms with Crippen molar-refractivity contribution in [2.24, 2.45) is 0 Å². The zero-order valence-corrected chi connectivity index (χ0v) is 10.6. The number of carbonyl (C=O) groups excluding carboxylic acids is 1. The van der Waals surface area contributed by atoms with E-state index in [0.29, 0.717) is 13.0 Å². The summed E-state index contributed by atoms with van der Waals surface area (Å²) in [5.74, 6) is -0.729. The van der Waals surface area contributed by atoms with Gasteiger partial charge in [-0.2, -0.15) is 0 Å². The Balaban J connectivity index is 1.77. The number of carboxylic acid groups (broad SMARTS) is 1. The maximum atomic E-state index is 12.1. The van der Waals surface area contributed by atoms with Gasteiger partial charge in [-0.1, -0.05) is 0 Å². The number of carbonyl (C=O) groups is 2. The van der Waals surface area contributed by atoms with Crippen molar-refractivity contribution >= 4 is 11.9 Å². The fraction of sp³-hybridized carbons (Fsp3) is 0.846. The highest BCUT2D eigenvalue weighted by Gasteiger charge is 2.30. The Bertz CT molecular complexity index is 312. The molecule has 2 saturated heterocycles. The van der Waals surface area contributed by atoms with E-state index in [1.807, 2.05) is 0 Å². The van der Waals surface area contributed by atoms with Crippen LogP contribution in [0.2, 0.25) is 0 Å². The third kappa shape index (κ3) is 3.45. The zero-order chi connectivity index (χ0) is 13.0. The lowest BCUT2D eigenvalue weighted by molar-refractivity contribution is -0.140. The molecule has 2 rings (SSSR count). The molecule has 0 saturated carbocycles. The van der Waals surface area contributed by atoms with Crippen molar-refractivity contribution in [1.29, 1.82) is 0 Å². The Hall–Kier alpha value is -1.10. The summed E-state index contributed by atoms with van der Waals surface area (Å²) >= 11 is 0.